The highest BCUT2D eigenvalue weighted by Crippen LogP contribution is 2.33. The fourth-order valence-corrected chi connectivity index (χ4v) is 5.43. The number of nitrogens with zero attached hydrogens (tertiary/aromatic N) is 3. The second kappa shape index (κ2) is 5.38. The Kier molecular flexibility index (Phi) is 3.70. The molecule has 0 saturated carbocycles. The lowest BCUT2D eigenvalue weighted by Crippen LogP contribution is -2.48. The molecule has 2 heterocycles. The first-order valence-corrected chi connectivity index (χ1v) is 9.48. The van der Waals surface area contributed by atoms with Crippen LogP contribution in [0.25, 0.3) is 11.0 Å². The van der Waals surface area contributed by atoms with Crippen LogP contribution in [0.4, 0.5) is 11.4 Å². The van der Waals surface area contributed by atoms with Gasteiger partial charge in [-0.05, 0) is 22.4 Å². The Balaban J connectivity index is 2.11. The second-order valence-electron chi connectivity index (χ2n) is 4.81. The maximum absolute atomic E-state index is 12.3. The molecule has 3 rings (SSSR count). The number of thioether (sulfide) groups is 1. The summed E-state index contributed by atoms with van der Waals surface area (Å²) in [5.41, 5.74) is 8.00. The molecule has 9 heteroatoms. The SMILES string of the molecule is CCS(=O)(=O)C1CSCCN1c1ccc(N)c2nonc12. The molecule has 1 saturated heterocycles. The number of hydrogen-bond donors (Lipinski definition) is 1. The van der Waals surface area contributed by atoms with Gasteiger partial charge in [-0.15, -0.1) is 0 Å². The number of anilines is 2. The number of aromatic nitrogens is 2. The van der Waals surface area contributed by atoms with Crippen LogP contribution in [0.15, 0.2) is 16.8 Å². The molecule has 1 aromatic carbocycles. The molecule has 1 aromatic heterocycles. The van der Waals surface area contributed by atoms with Crippen LogP contribution in [0.5, 0.6) is 0 Å². The van der Waals surface area contributed by atoms with Crippen molar-refractivity contribution in [3.8, 4) is 0 Å². The number of nitrogen functional groups attached to an aromatic ring is 1. The van der Waals surface area contributed by atoms with E-state index in [9.17, 15) is 8.42 Å². The summed E-state index contributed by atoms with van der Waals surface area (Å²) in [6.45, 7) is 2.31. The highest BCUT2D eigenvalue weighted by Gasteiger charge is 2.34. The van der Waals surface area contributed by atoms with E-state index in [1.165, 1.54) is 0 Å². The van der Waals surface area contributed by atoms with Crippen LogP contribution in [0, 0.1) is 0 Å². The topological polar surface area (TPSA) is 102 Å². The van der Waals surface area contributed by atoms with Crippen molar-refractivity contribution in [2.75, 3.05) is 34.4 Å². The van der Waals surface area contributed by atoms with E-state index in [-0.39, 0.29) is 5.75 Å². The summed E-state index contributed by atoms with van der Waals surface area (Å²) in [6.07, 6.45) is 0. The third-order valence-corrected chi connectivity index (χ3v) is 6.92. The van der Waals surface area contributed by atoms with Gasteiger partial charge in [-0.2, -0.15) is 11.8 Å². The molecule has 1 aliphatic heterocycles. The van der Waals surface area contributed by atoms with Gasteiger partial charge < -0.3 is 10.6 Å². The molecule has 0 radical (unpaired) electrons. The fourth-order valence-electron chi connectivity index (χ4n) is 2.45. The molecule has 2 aromatic rings. The first-order valence-electron chi connectivity index (χ1n) is 6.61. The standard InChI is InChI=1S/C12H16N4O3S2/c1-2-21(17,18)10-7-20-6-5-16(10)9-4-3-8(13)11-12(9)15-19-14-11/h3-4,10H,2,5-7,13H2,1H3. The lowest BCUT2D eigenvalue weighted by atomic mass is 10.2. The first-order chi connectivity index (χ1) is 10.0. The zero-order valence-corrected chi connectivity index (χ0v) is 13.2. The van der Waals surface area contributed by atoms with E-state index in [0.717, 1.165) is 5.75 Å². The quantitative estimate of drug-likeness (QED) is 0.836. The molecule has 114 valence electrons. The van der Waals surface area contributed by atoms with Crippen LogP contribution < -0.4 is 10.6 Å². The summed E-state index contributed by atoms with van der Waals surface area (Å²) < 4.78 is 29.4. The zero-order chi connectivity index (χ0) is 15.0. The zero-order valence-electron chi connectivity index (χ0n) is 11.5. The highest BCUT2D eigenvalue weighted by atomic mass is 32.2. The fraction of sp³-hybridized carbons (Fsp3) is 0.500. The number of sulfone groups is 1. The average molecular weight is 328 g/mol. The van der Waals surface area contributed by atoms with Crippen molar-refractivity contribution in [2.24, 2.45) is 0 Å². The van der Waals surface area contributed by atoms with Crippen molar-refractivity contribution in [1.82, 2.24) is 10.3 Å². The summed E-state index contributed by atoms with van der Waals surface area (Å²) in [6, 6.07) is 3.50. The van der Waals surface area contributed by atoms with Gasteiger partial charge in [-0.1, -0.05) is 6.92 Å². The predicted molar refractivity (Wildman–Crippen MR) is 84.1 cm³/mol. The van der Waals surface area contributed by atoms with Crippen LogP contribution >= 0.6 is 11.8 Å². The largest absolute Gasteiger partial charge is 0.397 e. The van der Waals surface area contributed by atoms with Crippen LogP contribution in [0.2, 0.25) is 0 Å². The molecule has 1 aliphatic rings. The number of hydrogen-bond acceptors (Lipinski definition) is 8. The molecular weight excluding hydrogens is 312 g/mol. The molecule has 1 unspecified atom stereocenters. The van der Waals surface area contributed by atoms with Gasteiger partial charge in [0, 0.05) is 23.8 Å². The molecule has 1 fully saturated rings. The average Bonchev–Trinajstić information content (AvgIpc) is 2.98. The van der Waals surface area contributed by atoms with Crippen molar-refractivity contribution >= 4 is 44.0 Å². The molecule has 2 N–H and O–H groups in total. The lowest BCUT2D eigenvalue weighted by molar-refractivity contribution is 0.315. The monoisotopic (exact) mass is 328 g/mol. The Hall–Kier alpha value is -1.48. The van der Waals surface area contributed by atoms with E-state index in [1.54, 1.807) is 30.8 Å². The van der Waals surface area contributed by atoms with E-state index < -0.39 is 15.2 Å². The van der Waals surface area contributed by atoms with Gasteiger partial charge in [-0.3, -0.25) is 0 Å². The molecule has 0 spiro atoms. The first kappa shape index (κ1) is 14.5. The smallest absolute Gasteiger partial charge is 0.171 e. The Morgan fingerprint density at radius 3 is 2.95 bits per heavy atom. The van der Waals surface area contributed by atoms with Gasteiger partial charge in [0.25, 0.3) is 0 Å². The third-order valence-electron chi connectivity index (χ3n) is 3.64. The lowest BCUT2D eigenvalue weighted by Gasteiger charge is -2.36. The molecule has 1 atom stereocenters. The molecule has 0 bridgehead atoms. The molecule has 7 nitrogen and oxygen atoms in total. The Morgan fingerprint density at radius 2 is 2.19 bits per heavy atom. The predicted octanol–water partition coefficient (Wildman–Crippen LogP) is 1.12. The van der Waals surface area contributed by atoms with Crippen LogP contribution in [-0.4, -0.2) is 47.9 Å². The van der Waals surface area contributed by atoms with E-state index in [0.29, 0.717) is 34.7 Å². The van der Waals surface area contributed by atoms with Gasteiger partial charge in [-0.25, -0.2) is 13.0 Å². The summed E-state index contributed by atoms with van der Waals surface area (Å²) in [5, 5.41) is 7.13. The third kappa shape index (κ3) is 2.44. The minimum atomic E-state index is -3.19. The second-order valence-corrected chi connectivity index (χ2v) is 8.41. The molecule has 0 aliphatic carbocycles. The van der Waals surface area contributed by atoms with Gasteiger partial charge in [0.1, 0.15) is 5.37 Å². The van der Waals surface area contributed by atoms with Crippen LogP contribution in [-0.2, 0) is 9.84 Å². The Morgan fingerprint density at radius 1 is 1.43 bits per heavy atom. The van der Waals surface area contributed by atoms with E-state index in [1.807, 2.05) is 4.90 Å². The van der Waals surface area contributed by atoms with Gasteiger partial charge in [0.15, 0.2) is 20.9 Å². The van der Waals surface area contributed by atoms with Gasteiger partial charge in [0.2, 0.25) is 0 Å². The minimum Gasteiger partial charge on any atom is -0.397 e. The highest BCUT2D eigenvalue weighted by molar-refractivity contribution is 8.01. The van der Waals surface area contributed by atoms with Crippen molar-refractivity contribution in [3.63, 3.8) is 0 Å². The minimum absolute atomic E-state index is 0.115. The molecule has 0 amide bonds. The van der Waals surface area contributed by atoms with E-state index >= 15 is 0 Å². The Bertz CT molecular complexity index is 759. The van der Waals surface area contributed by atoms with Crippen molar-refractivity contribution in [3.05, 3.63) is 12.1 Å². The van der Waals surface area contributed by atoms with E-state index in [4.69, 9.17) is 10.4 Å². The maximum atomic E-state index is 12.3. The van der Waals surface area contributed by atoms with Crippen molar-refractivity contribution < 1.29 is 13.0 Å². The Labute approximate surface area is 126 Å². The summed E-state index contributed by atoms with van der Waals surface area (Å²) in [7, 11) is -3.19. The van der Waals surface area contributed by atoms with Crippen LogP contribution in [0.3, 0.4) is 0 Å². The summed E-state index contributed by atoms with van der Waals surface area (Å²) >= 11 is 1.65. The molecular formula is C12H16N4O3S2. The molecule has 21 heavy (non-hydrogen) atoms. The summed E-state index contributed by atoms with van der Waals surface area (Å²) in [5.74, 6) is 1.53. The van der Waals surface area contributed by atoms with Crippen molar-refractivity contribution in [1.29, 1.82) is 0 Å². The number of fused-ring (bicyclic) bond motifs is 1. The van der Waals surface area contributed by atoms with Crippen LogP contribution in [0.1, 0.15) is 6.92 Å². The van der Waals surface area contributed by atoms with Gasteiger partial charge >= 0.3 is 0 Å². The van der Waals surface area contributed by atoms with Crippen molar-refractivity contribution in [2.45, 2.75) is 12.3 Å². The van der Waals surface area contributed by atoms with Gasteiger partial charge in [0.05, 0.1) is 11.4 Å². The maximum Gasteiger partial charge on any atom is 0.171 e. The number of rotatable bonds is 3. The number of benzene rings is 1. The number of nitrogens with two attached hydrogens (primary N) is 1. The summed E-state index contributed by atoms with van der Waals surface area (Å²) in [4.78, 5) is 1.88. The van der Waals surface area contributed by atoms with E-state index in [2.05, 4.69) is 10.3 Å². The normalized spacial score (nSPS) is 20.0.